The summed E-state index contributed by atoms with van der Waals surface area (Å²) in [7, 11) is 1.70. The van der Waals surface area contributed by atoms with Crippen molar-refractivity contribution < 1.29 is 4.74 Å². The van der Waals surface area contributed by atoms with Crippen LogP contribution in [-0.2, 0) is 13.1 Å². The fraction of sp³-hybridized carbons (Fsp3) is 0.400. The Bertz CT molecular complexity index is 627. The van der Waals surface area contributed by atoms with Crippen LogP contribution in [0, 0.1) is 0 Å². The highest BCUT2D eigenvalue weighted by molar-refractivity contribution is 6.30. The van der Waals surface area contributed by atoms with Gasteiger partial charge in [-0.15, -0.1) is 0 Å². The molecule has 1 heterocycles. The molecule has 2 aromatic rings. The van der Waals surface area contributed by atoms with Gasteiger partial charge in [0.05, 0.1) is 7.11 Å². The first-order valence-corrected chi connectivity index (χ1v) is 8.94. The van der Waals surface area contributed by atoms with E-state index in [4.69, 9.17) is 16.3 Å². The molecule has 0 radical (unpaired) electrons. The van der Waals surface area contributed by atoms with E-state index in [2.05, 4.69) is 34.5 Å². The topological polar surface area (TPSA) is 24.5 Å². The minimum atomic E-state index is 0.549. The molecule has 1 saturated heterocycles. The Kier molecular flexibility index (Phi) is 6.13. The lowest BCUT2D eigenvalue weighted by atomic mass is 10.0. The molecule has 1 aliphatic heterocycles. The summed E-state index contributed by atoms with van der Waals surface area (Å²) >= 11 is 5.96. The van der Waals surface area contributed by atoms with E-state index >= 15 is 0 Å². The van der Waals surface area contributed by atoms with E-state index in [1.165, 1.54) is 30.5 Å². The van der Waals surface area contributed by atoms with Crippen molar-refractivity contribution >= 4 is 11.6 Å². The van der Waals surface area contributed by atoms with Crippen LogP contribution in [0.15, 0.2) is 48.5 Å². The summed E-state index contributed by atoms with van der Waals surface area (Å²) in [6, 6.07) is 17.0. The molecule has 4 heteroatoms. The third kappa shape index (κ3) is 4.97. The lowest BCUT2D eigenvalue weighted by Crippen LogP contribution is -2.45. The molecule has 1 fully saturated rings. The molecule has 128 valence electrons. The van der Waals surface area contributed by atoms with Crippen LogP contribution in [0.4, 0.5) is 0 Å². The second kappa shape index (κ2) is 8.52. The highest BCUT2D eigenvalue weighted by Gasteiger charge is 2.19. The van der Waals surface area contributed by atoms with E-state index in [0.29, 0.717) is 6.04 Å². The van der Waals surface area contributed by atoms with Gasteiger partial charge < -0.3 is 10.1 Å². The Morgan fingerprint density at radius 3 is 2.50 bits per heavy atom. The smallest absolute Gasteiger partial charge is 0.118 e. The van der Waals surface area contributed by atoms with E-state index in [9.17, 15) is 0 Å². The van der Waals surface area contributed by atoms with Gasteiger partial charge in [0.25, 0.3) is 0 Å². The molecule has 3 nitrogen and oxygen atoms in total. The molecule has 0 bridgehead atoms. The Morgan fingerprint density at radius 2 is 1.79 bits per heavy atom. The number of halogens is 1. The van der Waals surface area contributed by atoms with E-state index in [-0.39, 0.29) is 0 Å². The zero-order chi connectivity index (χ0) is 16.8. The lowest BCUT2D eigenvalue weighted by molar-refractivity contribution is 0.182. The molecule has 0 spiro atoms. The first-order valence-electron chi connectivity index (χ1n) is 8.56. The van der Waals surface area contributed by atoms with Crippen LogP contribution in [0.25, 0.3) is 0 Å². The predicted molar refractivity (Wildman–Crippen MR) is 99.6 cm³/mol. The molecule has 1 aliphatic rings. The standard InChI is InChI=1S/C20H25ClN2O/c1-24-20-10-6-16(7-11-20)13-22-19-3-2-12-23(15-19)14-17-4-8-18(21)9-5-17/h4-11,19,22H,2-3,12-15H2,1H3. The highest BCUT2D eigenvalue weighted by Crippen LogP contribution is 2.17. The summed E-state index contributed by atoms with van der Waals surface area (Å²) in [4.78, 5) is 2.53. The molecule has 2 aromatic carbocycles. The van der Waals surface area contributed by atoms with Gasteiger partial charge in [0.2, 0.25) is 0 Å². The van der Waals surface area contributed by atoms with Crippen molar-refractivity contribution in [3.05, 3.63) is 64.7 Å². The van der Waals surface area contributed by atoms with Gasteiger partial charge in [-0.3, -0.25) is 4.90 Å². The van der Waals surface area contributed by atoms with Crippen molar-refractivity contribution in [1.29, 1.82) is 0 Å². The summed E-state index contributed by atoms with van der Waals surface area (Å²) in [6.45, 7) is 4.17. The van der Waals surface area contributed by atoms with Crippen LogP contribution in [0.3, 0.4) is 0 Å². The molecule has 0 amide bonds. The number of ether oxygens (including phenoxy) is 1. The normalized spacial score (nSPS) is 18.5. The van der Waals surface area contributed by atoms with Gasteiger partial charge in [0, 0.05) is 30.7 Å². The monoisotopic (exact) mass is 344 g/mol. The minimum absolute atomic E-state index is 0.549. The summed E-state index contributed by atoms with van der Waals surface area (Å²) in [6.07, 6.45) is 2.49. The Hall–Kier alpha value is -1.55. The fourth-order valence-electron chi connectivity index (χ4n) is 3.22. The molecular formula is C20H25ClN2O. The van der Waals surface area contributed by atoms with Crippen LogP contribution >= 0.6 is 11.6 Å². The van der Waals surface area contributed by atoms with Crippen molar-refractivity contribution in [2.75, 3.05) is 20.2 Å². The minimum Gasteiger partial charge on any atom is -0.497 e. The van der Waals surface area contributed by atoms with Crippen LogP contribution in [0.1, 0.15) is 24.0 Å². The molecule has 1 unspecified atom stereocenters. The molecule has 24 heavy (non-hydrogen) atoms. The number of rotatable bonds is 6. The molecule has 0 aliphatic carbocycles. The van der Waals surface area contributed by atoms with Crippen LogP contribution in [0.5, 0.6) is 5.75 Å². The van der Waals surface area contributed by atoms with Gasteiger partial charge in [-0.1, -0.05) is 35.9 Å². The quantitative estimate of drug-likeness (QED) is 0.853. The van der Waals surface area contributed by atoms with Gasteiger partial charge in [-0.25, -0.2) is 0 Å². The van der Waals surface area contributed by atoms with Crippen molar-refractivity contribution in [3.63, 3.8) is 0 Å². The molecule has 0 aromatic heterocycles. The van der Waals surface area contributed by atoms with E-state index in [1.54, 1.807) is 7.11 Å². The third-order valence-corrected chi connectivity index (χ3v) is 4.83. The molecule has 3 rings (SSSR count). The first-order chi connectivity index (χ1) is 11.7. The second-order valence-corrected chi connectivity index (χ2v) is 6.87. The first kappa shape index (κ1) is 17.3. The Morgan fingerprint density at radius 1 is 1.08 bits per heavy atom. The summed E-state index contributed by atoms with van der Waals surface area (Å²) in [5.41, 5.74) is 2.63. The SMILES string of the molecule is COc1ccc(CNC2CCCN(Cc3ccc(Cl)cc3)C2)cc1. The Labute approximate surface area is 149 Å². The van der Waals surface area contributed by atoms with E-state index in [0.717, 1.165) is 30.4 Å². The van der Waals surface area contributed by atoms with Crippen molar-refractivity contribution in [3.8, 4) is 5.75 Å². The summed E-state index contributed by atoms with van der Waals surface area (Å²) in [5.74, 6) is 0.908. The van der Waals surface area contributed by atoms with Crippen molar-refractivity contribution in [2.45, 2.75) is 32.0 Å². The average Bonchev–Trinajstić information content (AvgIpc) is 2.63. The number of nitrogens with one attached hydrogen (secondary N) is 1. The van der Waals surface area contributed by atoms with Gasteiger partial charge in [-0.05, 0) is 54.8 Å². The summed E-state index contributed by atoms with van der Waals surface area (Å²) in [5, 5.41) is 4.50. The molecular weight excluding hydrogens is 320 g/mol. The van der Waals surface area contributed by atoms with E-state index < -0.39 is 0 Å². The van der Waals surface area contributed by atoms with Crippen molar-refractivity contribution in [1.82, 2.24) is 10.2 Å². The molecule has 1 atom stereocenters. The number of likely N-dealkylation sites (tertiary alicyclic amines) is 1. The number of benzene rings is 2. The number of piperidine rings is 1. The zero-order valence-corrected chi connectivity index (χ0v) is 14.9. The van der Waals surface area contributed by atoms with E-state index in [1.807, 2.05) is 24.3 Å². The largest absolute Gasteiger partial charge is 0.497 e. The average molecular weight is 345 g/mol. The maximum absolute atomic E-state index is 5.96. The number of nitrogens with zero attached hydrogens (tertiary/aromatic N) is 1. The maximum atomic E-state index is 5.96. The summed E-state index contributed by atoms with van der Waals surface area (Å²) < 4.78 is 5.21. The van der Waals surface area contributed by atoms with Gasteiger partial charge in [-0.2, -0.15) is 0 Å². The van der Waals surface area contributed by atoms with Gasteiger partial charge in [0.15, 0.2) is 0 Å². The van der Waals surface area contributed by atoms with Gasteiger partial charge >= 0.3 is 0 Å². The number of methoxy groups -OCH3 is 1. The maximum Gasteiger partial charge on any atom is 0.118 e. The van der Waals surface area contributed by atoms with Crippen molar-refractivity contribution in [2.24, 2.45) is 0 Å². The highest BCUT2D eigenvalue weighted by atomic mass is 35.5. The lowest BCUT2D eigenvalue weighted by Gasteiger charge is -2.33. The molecule has 0 saturated carbocycles. The van der Waals surface area contributed by atoms with Crippen LogP contribution in [0.2, 0.25) is 5.02 Å². The Balaban J connectivity index is 1.48. The number of hydrogen-bond acceptors (Lipinski definition) is 3. The van der Waals surface area contributed by atoms with Gasteiger partial charge in [0.1, 0.15) is 5.75 Å². The van der Waals surface area contributed by atoms with Crippen LogP contribution in [-0.4, -0.2) is 31.1 Å². The zero-order valence-electron chi connectivity index (χ0n) is 14.2. The second-order valence-electron chi connectivity index (χ2n) is 6.43. The van der Waals surface area contributed by atoms with Crippen LogP contribution < -0.4 is 10.1 Å². The third-order valence-electron chi connectivity index (χ3n) is 4.58. The molecule has 1 N–H and O–H groups in total. The number of hydrogen-bond donors (Lipinski definition) is 1. The fourth-order valence-corrected chi connectivity index (χ4v) is 3.35. The predicted octanol–water partition coefficient (Wildman–Crippen LogP) is 4.10.